The van der Waals surface area contributed by atoms with Crippen molar-refractivity contribution in [2.24, 2.45) is 0 Å². The fraction of sp³-hybridized carbons (Fsp3) is 0.625. The van der Waals surface area contributed by atoms with Crippen LogP contribution in [0.25, 0.3) is 0 Å². The highest BCUT2D eigenvalue weighted by atomic mass is 32.2. The van der Waals surface area contributed by atoms with E-state index >= 15 is 0 Å². The van der Waals surface area contributed by atoms with Crippen LogP contribution in [0.2, 0.25) is 0 Å². The maximum atomic E-state index is 6.00. The lowest BCUT2D eigenvalue weighted by Crippen LogP contribution is -2.42. The van der Waals surface area contributed by atoms with Gasteiger partial charge in [-0.3, -0.25) is 4.90 Å². The minimum absolute atomic E-state index is 0.675. The molecular weight excluding hydrogens is 268 g/mol. The highest BCUT2D eigenvalue weighted by Crippen LogP contribution is 2.19. The lowest BCUT2D eigenvalue weighted by molar-refractivity contribution is 0.182. The topological polar surface area (TPSA) is 24.5 Å². The van der Waals surface area contributed by atoms with Crippen LogP contribution in [0.15, 0.2) is 24.3 Å². The van der Waals surface area contributed by atoms with Gasteiger partial charge in [-0.1, -0.05) is 25.1 Å². The Balaban J connectivity index is 1.81. The number of para-hydroxylation sites is 1. The second-order valence-corrected chi connectivity index (χ2v) is 6.35. The molecule has 0 bridgehead atoms. The highest BCUT2D eigenvalue weighted by Gasteiger charge is 2.18. The number of ether oxygens (including phenoxy) is 1. The summed E-state index contributed by atoms with van der Waals surface area (Å²) in [6, 6.07) is 9.00. The molecule has 0 aromatic heterocycles. The van der Waals surface area contributed by atoms with E-state index in [0.29, 0.717) is 6.04 Å². The van der Waals surface area contributed by atoms with Gasteiger partial charge in [0.05, 0.1) is 0 Å². The standard InChI is InChI=1S/C16H26N2OS/c1-3-17-12-15-6-4-5-7-16(15)19-10-8-18-9-11-20-13-14(18)2/h4-7,14,17H,3,8-13H2,1-2H3. The van der Waals surface area contributed by atoms with Crippen molar-refractivity contribution in [3.05, 3.63) is 29.8 Å². The number of hydrogen-bond donors (Lipinski definition) is 1. The van der Waals surface area contributed by atoms with Gasteiger partial charge in [0, 0.05) is 42.7 Å². The Hall–Kier alpha value is -0.710. The monoisotopic (exact) mass is 294 g/mol. The molecule has 0 saturated carbocycles. The zero-order valence-electron chi connectivity index (χ0n) is 12.6. The molecule has 0 aliphatic carbocycles. The molecule has 112 valence electrons. The molecule has 1 unspecified atom stereocenters. The van der Waals surface area contributed by atoms with Gasteiger partial charge in [0.2, 0.25) is 0 Å². The second kappa shape index (κ2) is 8.55. The van der Waals surface area contributed by atoms with E-state index in [1.165, 1.54) is 23.6 Å². The third-order valence-electron chi connectivity index (χ3n) is 3.68. The normalized spacial score (nSPS) is 20.0. The average Bonchev–Trinajstić information content (AvgIpc) is 2.48. The van der Waals surface area contributed by atoms with Crippen molar-refractivity contribution in [2.75, 3.05) is 37.7 Å². The van der Waals surface area contributed by atoms with Gasteiger partial charge in [-0.2, -0.15) is 11.8 Å². The van der Waals surface area contributed by atoms with E-state index in [-0.39, 0.29) is 0 Å². The largest absolute Gasteiger partial charge is 0.492 e. The minimum atomic E-state index is 0.675. The Labute approximate surface area is 127 Å². The molecule has 1 fully saturated rings. The first-order valence-electron chi connectivity index (χ1n) is 7.54. The Morgan fingerprint density at radius 2 is 2.25 bits per heavy atom. The van der Waals surface area contributed by atoms with Gasteiger partial charge in [-0.05, 0) is 19.5 Å². The third-order valence-corrected chi connectivity index (χ3v) is 4.87. The van der Waals surface area contributed by atoms with Crippen LogP contribution >= 0.6 is 11.8 Å². The first-order chi connectivity index (χ1) is 9.81. The van der Waals surface area contributed by atoms with Crippen LogP contribution in [-0.4, -0.2) is 48.7 Å². The first-order valence-corrected chi connectivity index (χ1v) is 8.70. The molecule has 1 aliphatic rings. The molecule has 2 rings (SSSR count). The zero-order chi connectivity index (χ0) is 14.2. The van der Waals surface area contributed by atoms with E-state index in [9.17, 15) is 0 Å². The fourth-order valence-electron chi connectivity index (χ4n) is 2.42. The Morgan fingerprint density at radius 1 is 1.40 bits per heavy atom. The number of nitrogens with zero attached hydrogens (tertiary/aromatic N) is 1. The van der Waals surface area contributed by atoms with Gasteiger partial charge >= 0.3 is 0 Å². The van der Waals surface area contributed by atoms with Crippen molar-refractivity contribution >= 4 is 11.8 Å². The summed E-state index contributed by atoms with van der Waals surface area (Å²) in [7, 11) is 0. The smallest absolute Gasteiger partial charge is 0.123 e. The molecule has 1 saturated heterocycles. The van der Waals surface area contributed by atoms with Crippen LogP contribution < -0.4 is 10.1 Å². The lowest BCUT2D eigenvalue weighted by atomic mass is 10.2. The van der Waals surface area contributed by atoms with E-state index in [1.807, 2.05) is 6.07 Å². The van der Waals surface area contributed by atoms with Crippen molar-refractivity contribution in [3.8, 4) is 5.75 Å². The van der Waals surface area contributed by atoms with E-state index in [1.54, 1.807) is 0 Å². The molecule has 1 aromatic rings. The Bertz CT molecular complexity index is 400. The molecule has 20 heavy (non-hydrogen) atoms. The van der Waals surface area contributed by atoms with Crippen LogP contribution in [0.1, 0.15) is 19.4 Å². The number of hydrogen-bond acceptors (Lipinski definition) is 4. The fourth-order valence-corrected chi connectivity index (χ4v) is 3.50. The van der Waals surface area contributed by atoms with Gasteiger partial charge < -0.3 is 10.1 Å². The van der Waals surface area contributed by atoms with Gasteiger partial charge in [0.1, 0.15) is 12.4 Å². The zero-order valence-corrected chi connectivity index (χ0v) is 13.4. The molecule has 1 aromatic carbocycles. The molecular formula is C16H26N2OS. The maximum absolute atomic E-state index is 6.00. The summed E-state index contributed by atoms with van der Waals surface area (Å²) in [5.74, 6) is 3.52. The summed E-state index contributed by atoms with van der Waals surface area (Å²) in [6.45, 7) is 9.29. The molecule has 3 nitrogen and oxygen atoms in total. The number of benzene rings is 1. The van der Waals surface area contributed by atoms with Crippen LogP contribution in [0.4, 0.5) is 0 Å². The molecule has 1 N–H and O–H groups in total. The van der Waals surface area contributed by atoms with Crippen LogP contribution in [0, 0.1) is 0 Å². The van der Waals surface area contributed by atoms with E-state index in [2.05, 4.69) is 54.0 Å². The molecule has 1 aliphatic heterocycles. The van der Waals surface area contributed by atoms with Crippen molar-refractivity contribution < 1.29 is 4.74 Å². The first kappa shape index (κ1) is 15.7. The molecule has 0 amide bonds. The summed E-state index contributed by atoms with van der Waals surface area (Å²) in [6.07, 6.45) is 0. The van der Waals surface area contributed by atoms with Gasteiger partial charge in [0.25, 0.3) is 0 Å². The van der Waals surface area contributed by atoms with Crippen molar-refractivity contribution in [1.82, 2.24) is 10.2 Å². The maximum Gasteiger partial charge on any atom is 0.123 e. The van der Waals surface area contributed by atoms with Crippen molar-refractivity contribution in [2.45, 2.75) is 26.4 Å². The van der Waals surface area contributed by atoms with Crippen LogP contribution in [0.5, 0.6) is 5.75 Å². The van der Waals surface area contributed by atoms with E-state index < -0.39 is 0 Å². The quantitative estimate of drug-likeness (QED) is 0.835. The summed E-state index contributed by atoms with van der Waals surface area (Å²) in [5.41, 5.74) is 1.25. The summed E-state index contributed by atoms with van der Waals surface area (Å²) in [5, 5.41) is 3.36. The van der Waals surface area contributed by atoms with E-state index in [0.717, 1.165) is 32.0 Å². The Kier molecular flexibility index (Phi) is 6.70. The highest BCUT2D eigenvalue weighted by molar-refractivity contribution is 7.99. The van der Waals surface area contributed by atoms with Crippen molar-refractivity contribution in [3.63, 3.8) is 0 Å². The molecule has 4 heteroatoms. The summed E-state index contributed by atoms with van der Waals surface area (Å²) >= 11 is 2.06. The number of nitrogens with one attached hydrogen (secondary N) is 1. The van der Waals surface area contributed by atoms with Crippen LogP contribution in [0.3, 0.4) is 0 Å². The van der Waals surface area contributed by atoms with Crippen LogP contribution in [-0.2, 0) is 6.54 Å². The Morgan fingerprint density at radius 3 is 3.05 bits per heavy atom. The van der Waals surface area contributed by atoms with Crippen molar-refractivity contribution in [1.29, 1.82) is 0 Å². The second-order valence-electron chi connectivity index (χ2n) is 5.20. The molecule has 0 spiro atoms. The number of thioether (sulfide) groups is 1. The van der Waals surface area contributed by atoms with Gasteiger partial charge in [-0.15, -0.1) is 0 Å². The van der Waals surface area contributed by atoms with Gasteiger partial charge in [0.15, 0.2) is 0 Å². The minimum Gasteiger partial charge on any atom is -0.492 e. The predicted octanol–water partition coefficient (Wildman–Crippen LogP) is 2.61. The van der Waals surface area contributed by atoms with E-state index in [4.69, 9.17) is 4.74 Å². The molecule has 0 radical (unpaired) electrons. The molecule has 1 heterocycles. The SMILES string of the molecule is CCNCc1ccccc1OCCN1CCSCC1C. The molecule has 1 atom stereocenters. The third kappa shape index (κ3) is 4.69. The van der Waals surface area contributed by atoms with Gasteiger partial charge in [-0.25, -0.2) is 0 Å². The number of rotatable bonds is 7. The average molecular weight is 294 g/mol. The predicted molar refractivity (Wildman–Crippen MR) is 87.7 cm³/mol. The summed E-state index contributed by atoms with van der Waals surface area (Å²) in [4.78, 5) is 2.53. The summed E-state index contributed by atoms with van der Waals surface area (Å²) < 4.78 is 6.00. The lowest BCUT2D eigenvalue weighted by Gasteiger charge is -2.32.